The van der Waals surface area contributed by atoms with Crippen LogP contribution in [0.4, 0.5) is 0 Å². The molecule has 116 valence electrons. The molecule has 0 aromatic heterocycles. The molecule has 2 rings (SSSR count). The zero-order valence-corrected chi connectivity index (χ0v) is 13.3. The highest BCUT2D eigenvalue weighted by molar-refractivity contribution is 7.92. The molecular formula is C14H26N2O3S. The van der Waals surface area contributed by atoms with Gasteiger partial charge in [-0.25, -0.2) is 8.42 Å². The van der Waals surface area contributed by atoms with Crippen molar-refractivity contribution in [2.75, 3.05) is 19.3 Å². The van der Waals surface area contributed by atoms with Crippen molar-refractivity contribution in [1.29, 1.82) is 0 Å². The van der Waals surface area contributed by atoms with Gasteiger partial charge in [-0.15, -0.1) is 0 Å². The van der Waals surface area contributed by atoms with Crippen LogP contribution < -0.4 is 10.6 Å². The second-order valence-corrected chi connectivity index (χ2v) is 8.65. The molecular weight excluding hydrogens is 276 g/mol. The maximum Gasteiger partial charge on any atom is 0.241 e. The van der Waals surface area contributed by atoms with E-state index < -0.39 is 14.6 Å². The Morgan fingerprint density at radius 3 is 2.30 bits per heavy atom. The predicted octanol–water partition coefficient (Wildman–Crippen LogP) is 0.848. The number of amides is 1. The van der Waals surface area contributed by atoms with E-state index in [2.05, 4.69) is 10.6 Å². The second kappa shape index (κ2) is 6.02. The summed E-state index contributed by atoms with van der Waals surface area (Å²) in [6.45, 7) is 3.17. The Hall–Kier alpha value is -0.620. The molecule has 2 N–H and O–H groups in total. The summed E-state index contributed by atoms with van der Waals surface area (Å²) in [6.07, 6.45) is 6.63. The van der Waals surface area contributed by atoms with Gasteiger partial charge in [0.25, 0.3) is 0 Å². The quantitative estimate of drug-likeness (QED) is 0.807. The summed E-state index contributed by atoms with van der Waals surface area (Å²) >= 11 is 0. The average Bonchev–Trinajstić information content (AvgIpc) is 2.92. The molecule has 6 heteroatoms. The van der Waals surface area contributed by atoms with Gasteiger partial charge in [-0.1, -0.05) is 12.8 Å². The number of sulfone groups is 1. The van der Waals surface area contributed by atoms with Gasteiger partial charge < -0.3 is 10.6 Å². The lowest BCUT2D eigenvalue weighted by molar-refractivity contribution is -0.125. The monoisotopic (exact) mass is 302 g/mol. The first-order valence-corrected chi connectivity index (χ1v) is 9.47. The van der Waals surface area contributed by atoms with E-state index in [1.807, 2.05) is 6.92 Å². The van der Waals surface area contributed by atoms with Crippen molar-refractivity contribution in [1.82, 2.24) is 10.6 Å². The molecule has 1 atom stereocenters. The SMILES string of the molecule is CC(NC(=O)C1(S(C)(=O)=O)CCNCC1)C1CCCC1. The summed E-state index contributed by atoms with van der Waals surface area (Å²) in [5.74, 6) is 0.207. The van der Waals surface area contributed by atoms with Crippen LogP contribution in [0.3, 0.4) is 0 Å². The molecule has 1 aliphatic carbocycles. The molecule has 0 radical (unpaired) electrons. The molecule has 0 bridgehead atoms. The van der Waals surface area contributed by atoms with Gasteiger partial charge in [-0.05, 0) is 51.6 Å². The summed E-state index contributed by atoms with van der Waals surface area (Å²) in [5.41, 5.74) is 0. The molecule has 20 heavy (non-hydrogen) atoms. The number of piperidine rings is 1. The van der Waals surface area contributed by atoms with E-state index in [0.29, 0.717) is 31.8 Å². The normalized spacial score (nSPS) is 25.3. The fourth-order valence-electron chi connectivity index (χ4n) is 3.51. The minimum Gasteiger partial charge on any atom is -0.352 e. The Balaban J connectivity index is 2.11. The van der Waals surface area contributed by atoms with Gasteiger partial charge in [0.2, 0.25) is 5.91 Å². The van der Waals surface area contributed by atoms with Crippen LogP contribution >= 0.6 is 0 Å². The molecule has 0 aromatic rings. The molecule has 1 amide bonds. The van der Waals surface area contributed by atoms with Crippen LogP contribution in [0.1, 0.15) is 45.4 Å². The van der Waals surface area contributed by atoms with Crippen molar-refractivity contribution in [2.24, 2.45) is 5.92 Å². The molecule has 0 aromatic carbocycles. The van der Waals surface area contributed by atoms with Crippen molar-refractivity contribution in [2.45, 2.75) is 56.2 Å². The molecule has 2 aliphatic rings. The van der Waals surface area contributed by atoms with E-state index in [4.69, 9.17) is 0 Å². The first-order chi connectivity index (χ1) is 9.37. The Labute approximate surface area is 121 Å². The lowest BCUT2D eigenvalue weighted by Gasteiger charge is -2.36. The van der Waals surface area contributed by atoms with Crippen molar-refractivity contribution < 1.29 is 13.2 Å². The van der Waals surface area contributed by atoms with Crippen molar-refractivity contribution >= 4 is 15.7 Å². The Morgan fingerprint density at radius 1 is 1.25 bits per heavy atom. The Bertz CT molecular complexity index is 449. The zero-order valence-electron chi connectivity index (χ0n) is 12.4. The van der Waals surface area contributed by atoms with Crippen LogP contribution in [0, 0.1) is 5.92 Å². The predicted molar refractivity (Wildman–Crippen MR) is 79.2 cm³/mol. The summed E-state index contributed by atoms with van der Waals surface area (Å²) in [4.78, 5) is 12.6. The largest absolute Gasteiger partial charge is 0.352 e. The number of nitrogens with one attached hydrogen (secondary N) is 2. The molecule has 1 unspecified atom stereocenters. The topological polar surface area (TPSA) is 75.3 Å². The summed E-state index contributed by atoms with van der Waals surface area (Å²) in [6, 6.07) is 0.0681. The Kier molecular flexibility index (Phi) is 4.74. The second-order valence-electron chi connectivity index (χ2n) is 6.32. The lowest BCUT2D eigenvalue weighted by atomic mass is 9.93. The first kappa shape index (κ1) is 15.8. The average molecular weight is 302 g/mol. The van der Waals surface area contributed by atoms with Gasteiger partial charge in [0, 0.05) is 12.3 Å². The third-order valence-corrected chi connectivity index (χ3v) is 7.01. The molecule has 1 saturated heterocycles. The first-order valence-electron chi connectivity index (χ1n) is 7.58. The molecule has 5 nitrogen and oxygen atoms in total. The fourth-order valence-corrected chi connectivity index (χ4v) is 4.85. The highest BCUT2D eigenvalue weighted by atomic mass is 32.2. The van der Waals surface area contributed by atoms with E-state index in [1.165, 1.54) is 19.1 Å². The number of hydrogen-bond acceptors (Lipinski definition) is 4. The van der Waals surface area contributed by atoms with Gasteiger partial charge in [0.05, 0.1) is 0 Å². The molecule has 0 spiro atoms. The van der Waals surface area contributed by atoms with E-state index in [9.17, 15) is 13.2 Å². The van der Waals surface area contributed by atoms with E-state index in [1.54, 1.807) is 0 Å². The van der Waals surface area contributed by atoms with Gasteiger partial charge in [-0.3, -0.25) is 4.79 Å². The van der Waals surface area contributed by atoms with Crippen molar-refractivity contribution in [3.8, 4) is 0 Å². The van der Waals surface area contributed by atoms with Crippen LogP contribution in [-0.4, -0.2) is 44.5 Å². The Morgan fingerprint density at radius 2 is 1.80 bits per heavy atom. The van der Waals surface area contributed by atoms with Crippen LogP contribution in [0.25, 0.3) is 0 Å². The summed E-state index contributed by atoms with van der Waals surface area (Å²) < 4.78 is 23.1. The van der Waals surface area contributed by atoms with E-state index >= 15 is 0 Å². The van der Waals surface area contributed by atoms with Crippen LogP contribution in [-0.2, 0) is 14.6 Å². The van der Waals surface area contributed by atoms with Crippen LogP contribution in [0.15, 0.2) is 0 Å². The zero-order chi connectivity index (χ0) is 14.8. The highest BCUT2D eigenvalue weighted by Gasteiger charge is 2.49. The fraction of sp³-hybridized carbons (Fsp3) is 0.929. The minimum absolute atomic E-state index is 0.0681. The molecule has 2 fully saturated rings. The minimum atomic E-state index is -3.41. The highest BCUT2D eigenvalue weighted by Crippen LogP contribution is 2.31. The maximum absolute atomic E-state index is 12.6. The number of rotatable bonds is 4. The molecule has 1 saturated carbocycles. The van der Waals surface area contributed by atoms with Gasteiger partial charge >= 0.3 is 0 Å². The molecule has 1 heterocycles. The van der Waals surface area contributed by atoms with Crippen LogP contribution in [0.2, 0.25) is 0 Å². The van der Waals surface area contributed by atoms with Gasteiger partial charge in [0.1, 0.15) is 0 Å². The maximum atomic E-state index is 12.6. The summed E-state index contributed by atoms with van der Waals surface area (Å²) in [7, 11) is -3.41. The number of carbonyl (C=O) groups excluding carboxylic acids is 1. The van der Waals surface area contributed by atoms with E-state index in [-0.39, 0.29) is 11.9 Å². The third-order valence-electron chi connectivity index (χ3n) is 5.00. The lowest BCUT2D eigenvalue weighted by Crippen LogP contribution is -2.59. The van der Waals surface area contributed by atoms with Gasteiger partial charge in [-0.2, -0.15) is 0 Å². The third kappa shape index (κ3) is 3.01. The van der Waals surface area contributed by atoms with Crippen molar-refractivity contribution in [3.63, 3.8) is 0 Å². The smallest absolute Gasteiger partial charge is 0.241 e. The molecule has 1 aliphatic heterocycles. The number of carbonyl (C=O) groups is 1. The number of hydrogen-bond donors (Lipinski definition) is 2. The van der Waals surface area contributed by atoms with Crippen molar-refractivity contribution in [3.05, 3.63) is 0 Å². The van der Waals surface area contributed by atoms with Gasteiger partial charge in [0.15, 0.2) is 14.6 Å². The standard InChI is InChI=1S/C14H26N2O3S/c1-11(12-5-3-4-6-12)16-13(17)14(20(2,18)19)7-9-15-10-8-14/h11-12,15H,3-10H2,1-2H3,(H,16,17). The van der Waals surface area contributed by atoms with Crippen LogP contribution in [0.5, 0.6) is 0 Å². The van der Waals surface area contributed by atoms with E-state index in [0.717, 1.165) is 12.8 Å². The summed E-state index contributed by atoms with van der Waals surface area (Å²) in [5, 5.41) is 6.12.